The summed E-state index contributed by atoms with van der Waals surface area (Å²) in [6, 6.07) is 7.08. The second-order valence-corrected chi connectivity index (χ2v) is 7.36. The van der Waals surface area contributed by atoms with E-state index in [1.54, 1.807) is 12.1 Å². The SMILES string of the molecule is CCC1CCC(C2CC=C(c3ccc(OC(F)F)cc3)CC2)CC1. The van der Waals surface area contributed by atoms with Gasteiger partial charge >= 0.3 is 6.61 Å². The van der Waals surface area contributed by atoms with Crippen LogP contribution in [0.3, 0.4) is 0 Å². The van der Waals surface area contributed by atoms with Crippen molar-refractivity contribution in [1.82, 2.24) is 0 Å². The molecule has 1 atom stereocenters. The average molecular weight is 334 g/mol. The van der Waals surface area contributed by atoms with Crippen LogP contribution in [-0.4, -0.2) is 6.61 Å². The van der Waals surface area contributed by atoms with E-state index in [9.17, 15) is 8.78 Å². The summed E-state index contributed by atoms with van der Waals surface area (Å²) in [6.07, 6.45) is 12.9. The summed E-state index contributed by atoms with van der Waals surface area (Å²) in [4.78, 5) is 0. The molecule has 0 N–H and O–H groups in total. The van der Waals surface area contributed by atoms with Gasteiger partial charge in [-0.2, -0.15) is 8.78 Å². The molecule has 2 aliphatic carbocycles. The van der Waals surface area contributed by atoms with Crippen molar-refractivity contribution in [3.8, 4) is 5.75 Å². The van der Waals surface area contributed by atoms with Gasteiger partial charge in [0.05, 0.1) is 0 Å². The van der Waals surface area contributed by atoms with Crippen molar-refractivity contribution in [1.29, 1.82) is 0 Å². The van der Waals surface area contributed by atoms with Gasteiger partial charge in [0.25, 0.3) is 0 Å². The lowest BCUT2D eigenvalue weighted by Crippen LogP contribution is -2.22. The van der Waals surface area contributed by atoms with E-state index in [1.165, 1.54) is 50.5 Å². The smallest absolute Gasteiger partial charge is 0.387 e. The number of benzene rings is 1. The van der Waals surface area contributed by atoms with Gasteiger partial charge in [-0.25, -0.2) is 0 Å². The molecule has 1 unspecified atom stereocenters. The van der Waals surface area contributed by atoms with Crippen molar-refractivity contribution in [3.05, 3.63) is 35.9 Å². The molecule has 2 aliphatic rings. The fourth-order valence-electron chi connectivity index (χ4n) is 4.46. The molecule has 1 saturated carbocycles. The van der Waals surface area contributed by atoms with E-state index in [0.717, 1.165) is 29.7 Å². The number of hydrogen-bond donors (Lipinski definition) is 0. The summed E-state index contributed by atoms with van der Waals surface area (Å²) in [5.74, 6) is 2.95. The second-order valence-electron chi connectivity index (χ2n) is 7.36. The molecule has 0 aliphatic heterocycles. The van der Waals surface area contributed by atoms with Gasteiger partial charge in [-0.1, -0.05) is 44.4 Å². The quantitative estimate of drug-likeness (QED) is 0.583. The number of hydrogen-bond acceptors (Lipinski definition) is 1. The number of ether oxygens (including phenoxy) is 1. The summed E-state index contributed by atoms with van der Waals surface area (Å²) >= 11 is 0. The lowest BCUT2D eigenvalue weighted by Gasteiger charge is -2.35. The first kappa shape index (κ1) is 17.4. The number of halogens is 2. The molecular weight excluding hydrogens is 306 g/mol. The Balaban J connectivity index is 1.55. The van der Waals surface area contributed by atoms with Crippen molar-refractivity contribution in [2.75, 3.05) is 0 Å². The summed E-state index contributed by atoms with van der Waals surface area (Å²) in [5.41, 5.74) is 2.50. The van der Waals surface area contributed by atoms with Gasteiger partial charge in [0.15, 0.2) is 0 Å². The van der Waals surface area contributed by atoms with Crippen LogP contribution >= 0.6 is 0 Å². The highest BCUT2D eigenvalue weighted by Crippen LogP contribution is 2.41. The van der Waals surface area contributed by atoms with E-state index < -0.39 is 6.61 Å². The number of allylic oxidation sites excluding steroid dienone is 2. The van der Waals surface area contributed by atoms with Crippen LogP contribution < -0.4 is 4.74 Å². The second kappa shape index (κ2) is 8.13. The Bertz CT molecular complexity index is 541. The predicted molar refractivity (Wildman–Crippen MR) is 94.1 cm³/mol. The molecule has 0 heterocycles. The molecular formula is C21H28F2O. The lowest BCUT2D eigenvalue weighted by molar-refractivity contribution is -0.0498. The van der Waals surface area contributed by atoms with E-state index in [-0.39, 0.29) is 5.75 Å². The van der Waals surface area contributed by atoms with Crippen LogP contribution in [0.5, 0.6) is 5.75 Å². The van der Waals surface area contributed by atoms with Crippen molar-refractivity contribution < 1.29 is 13.5 Å². The molecule has 3 rings (SSSR count). The first-order chi connectivity index (χ1) is 11.7. The highest BCUT2D eigenvalue weighted by Gasteiger charge is 2.28. The van der Waals surface area contributed by atoms with Gasteiger partial charge in [-0.3, -0.25) is 0 Å². The zero-order chi connectivity index (χ0) is 16.9. The lowest BCUT2D eigenvalue weighted by atomic mass is 9.70. The summed E-state index contributed by atoms with van der Waals surface area (Å²) in [6.45, 7) is -0.439. The zero-order valence-corrected chi connectivity index (χ0v) is 14.5. The molecule has 1 aromatic rings. The Hall–Kier alpha value is -1.38. The third-order valence-electron chi connectivity index (χ3n) is 6.04. The fourth-order valence-corrected chi connectivity index (χ4v) is 4.46. The van der Waals surface area contributed by atoms with Crippen LogP contribution in [0.1, 0.15) is 63.9 Å². The zero-order valence-electron chi connectivity index (χ0n) is 14.5. The molecule has 1 fully saturated rings. The maximum Gasteiger partial charge on any atom is 0.387 e. The van der Waals surface area contributed by atoms with E-state index in [2.05, 4.69) is 17.7 Å². The summed E-state index contributed by atoms with van der Waals surface area (Å²) in [7, 11) is 0. The Kier molecular flexibility index (Phi) is 5.91. The van der Waals surface area contributed by atoms with Crippen LogP contribution in [0.4, 0.5) is 8.78 Å². The van der Waals surface area contributed by atoms with E-state index in [4.69, 9.17) is 0 Å². The molecule has 0 aromatic heterocycles. The Morgan fingerprint density at radius 3 is 2.25 bits per heavy atom. The Labute approximate surface area is 144 Å². The molecule has 0 radical (unpaired) electrons. The molecule has 1 nitrogen and oxygen atoms in total. The van der Waals surface area contributed by atoms with Gasteiger partial charge in [-0.05, 0) is 73.1 Å². The van der Waals surface area contributed by atoms with Gasteiger partial charge < -0.3 is 4.74 Å². The normalized spacial score (nSPS) is 27.8. The molecule has 1 aromatic carbocycles. The first-order valence-electron chi connectivity index (χ1n) is 9.40. The molecule has 0 amide bonds. The molecule has 3 heteroatoms. The maximum absolute atomic E-state index is 12.2. The van der Waals surface area contributed by atoms with Gasteiger partial charge in [0.1, 0.15) is 5.75 Å². The minimum absolute atomic E-state index is 0.232. The van der Waals surface area contributed by atoms with Crippen molar-refractivity contribution in [2.45, 2.75) is 64.9 Å². The Morgan fingerprint density at radius 2 is 1.71 bits per heavy atom. The van der Waals surface area contributed by atoms with E-state index >= 15 is 0 Å². The topological polar surface area (TPSA) is 9.23 Å². The van der Waals surface area contributed by atoms with Crippen LogP contribution in [0.25, 0.3) is 5.57 Å². The summed E-state index contributed by atoms with van der Waals surface area (Å²) < 4.78 is 28.8. The third-order valence-corrected chi connectivity index (χ3v) is 6.04. The number of alkyl halides is 2. The average Bonchev–Trinajstić information content (AvgIpc) is 2.62. The van der Waals surface area contributed by atoms with Gasteiger partial charge in [0.2, 0.25) is 0 Å². The van der Waals surface area contributed by atoms with Crippen molar-refractivity contribution >= 4 is 5.57 Å². The van der Waals surface area contributed by atoms with E-state index in [1.807, 2.05) is 12.1 Å². The van der Waals surface area contributed by atoms with Crippen molar-refractivity contribution in [3.63, 3.8) is 0 Å². The molecule has 0 spiro atoms. The van der Waals surface area contributed by atoms with Crippen LogP contribution in [0, 0.1) is 17.8 Å². The molecule has 24 heavy (non-hydrogen) atoms. The van der Waals surface area contributed by atoms with Crippen LogP contribution in [-0.2, 0) is 0 Å². The minimum Gasteiger partial charge on any atom is -0.435 e. The highest BCUT2D eigenvalue weighted by atomic mass is 19.3. The van der Waals surface area contributed by atoms with Crippen LogP contribution in [0.2, 0.25) is 0 Å². The standard InChI is InChI=1S/C21H28F2O/c1-2-15-3-5-16(6-4-15)17-7-9-18(10-8-17)19-11-13-20(14-12-19)24-21(22)23/h9,11-17,21H,2-8,10H2,1H3. The Morgan fingerprint density at radius 1 is 1.00 bits per heavy atom. The van der Waals surface area contributed by atoms with Gasteiger partial charge in [0, 0.05) is 0 Å². The highest BCUT2D eigenvalue weighted by molar-refractivity contribution is 5.66. The summed E-state index contributed by atoms with van der Waals surface area (Å²) in [5, 5.41) is 0. The minimum atomic E-state index is -2.76. The number of rotatable bonds is 5. The first-order valence-corrected chi connectivity index (χ1v) is 9.40. The fraction of sp³-hybridized carbons (Fsp3) is 0.619. The largest absolute Gasteiger partial charge is 0.435 e. The van der Waals surface area contributed by atoms with E-state index in [0.29, 0.717) is 0 Å². The van der Waals surface area contributed by atoms with Crippen molar-refractivity contribution in [2.24, 2.45) is 17.8 Å². The molecule has 0 saturated heterocycles. The van der Waals surface area contributed by atoms with Crippen LogP contribution in [0.15, 0.2) is 30.3 Å². The molecule has 132 valence electrons. The van der Waals surface area contributed by atoms with Gasteiger partial charge in [-0.15, -0.1) is 0 Å². The third kappa shape index (κ3) is 4.37. The molecule has 0 bridgehead atoms. The monoisotopic (exact) mass is 334 g/mol. The maximum atomic E-state index is 12.2. The predicted octanol–water partition coefficient (Wildman–Crippen LogP) is 6.69.